The van der Waals surface area contributed by atoms with E-state index < -0.39 is 40.2 Å². The molecule has 0 bridgehead atoms. The van der Waals surface area contributed by atoms with Crippen LogP contribution in [0.5, 0.6) is 11.5 Å². The number of sulfonamides is 1. The van der Waals surface area contributed by atoms with Gasteiger partial charge in [0.15, 0.2) is 0 Å². The first-order valence-corrected chi connectivity index (χ1v) is 14.5. The highest BCUT2D eigenvalue weighted by Crippen LogP contribution is 2.33. The lowest BCUT2D eigenvalue weighted by atomic mass is 10.0. The number of carbonyl (C=O) groups excluding carboxylic acids is 2. The number of methoxy groups -OCH3 is 2. The molecule has 0 aliphatic heterocycles. The molecule has 0 radical (unpaired) electrons. The first-order chi connectivity index (χ1) is 19.1. The number of rotatable bonds is 13. The van der Waals surface area contributed by atoms with Gasteiger partial charge in [0.05, 0.1) is 26.2 Å². The molecule has 0 unspecified atom stereocenters. The molecule has 0 fully saturated rings. The van der Waals surface area contributed by atoms with Gasteiger partial charge in [-0.1, -0.05) is 42.5 Å². The zero-order chi connectivity index (χ0) is 29.3. The highest BCUT2D eigenvalue weighted by Gasteiger charge is 2.33. The number of nitrogens with one attached hydrogen (secondary N) is 1. The van der Waals surface area contributed by atoms with Crippen molar-refractivity contribution in [1.82, 2.24) is 10.2 Å². The fraction of sp³-hybridized carbons (Fsp3) is 0.310. The molecule has 3 aromatic carbocycles. The summed E-state index contributed by atoms with van der Waals surface area (Å²) in [7, 11) is -1.13. The predicted molar refractivity (Wildman–Crippen MR) is 151 cm³/mol. The van der Waals surface area contributed by atoms with E-state index in [0.29, 0.717) is 17.9 Å². The van der Waals surface area contributed by atoms with Gasteiger partial charge < -0.3 is 19.7 Å². The molecule has 3 rings (SSSR count). The highest BCUT2D eigenvalue weighted by atomic mass is 32.2. The Morgan fingerprint density at radius 1 is 0.950 bits per heavy atom. The molecule has 40 heavy (non-hydrogen) atoms. The molecule has 1 atom stereocenters. The average Bonchev–Trinajstić information content (AvgIpc) is 2.94. The van der Waals surface area contributed by atoms with E-state index in [4.69, 9.17) is 9.47 Å². The van der Waals surface area contributed by atoms with Gasteiger partial charge in [-0.05, 0) is 42.3 Å². The quantitative estimate of drug-likeness (QED) is 0.337. The van der Waals surface area contributed by atoms with E-state index in [1.54, 1.807) is 13.0 Å². The van der Waals surface area contributed by atoms with Crippen molar-refractivity contribution in [2.24, 2.45) is 0 Å². The fourth-order valence-electron chi connectivity index (χ4n) is 4.22. The summed E-state index contributed by atoms with van der Waals surface area (Å²) in [6.07, 6.45) is 1.17. The summed E-state index contributed by atoms with van der Waals surface area (Å²) in [6, 6.07) is 18.4. The van der Waals surface area contributed by atoms with Crippen LogP contribution in [0.4, 0.5) is 10.1 Å². The Morgan fingerprint density at radius 2 is 1.62 bits per heavy atom. The molecule has 0 saturated carbocycles. The Bertz CT molecular complexity index is 1400. The predicted octanol–water partition coefficient (Wildman–Crippen LogP) is 3.39. The summed E-state index contributed by atoms with van der Waals surface area (Å²) < 4.78 is 51.1. The molecule has 0 aliphatic rings. The average molecular weight is 572 g/mol. The van der Waals surface area contributed by atoms with Crippen molar-refractivity contribution in [3.05, 3.63) is 89.7 Å². The molecular weight excluding hydrogens is 537 g/mol. The van der Waals surface area contributed by atoms with Crippen LogP contribution in [-0.2, 0) is 32.6 Å². The third kappa shape index (κ3) is 7.95. The van der Waals surface area contributed by atoms with Crippen molar-refractivity contribution in [3.63, 3.8) is 0 Å². The lowest BCUT2D eigenvalue weighted by Gasteiger charge is -2.33. The van der Waals surface area contributed by atoms with Gasteiger partial charge in [0, 0.05) is 25.6 Å². The smallest absolute Gasteiger partial charge is 0.244 e. The maximum atomic E-state index is 14.0. The van der Waals surface area contributed by atoms with E-state index in [9.17, 15) is 22.4 Å². The van der Waals surface area contributed by atoms with Crippen LogP contribution in [0.3, 0.4) is 0 Å². The first-order valence-electron chi connectivity index (χ1n) is 12.6. The Labute approximate surface area is 234 Å². The van der Waals surface area contributed by atoms with E-state index in [2.05, 4.69) is 5.32 Å². The molecule has 214 valence electrons. The van der Waals surface area contributed by atoms with Crippen LogP contribution in [0.15, 0.2) is 72.8 Å². The van der Waals surface area contributed by atoms with Crippen molar-refractivity contribution in [2.45, 2.75) is 25.9 Å². The van der Waals surface area contributed by atoms with Crippen LogP contribution in [-0.4, -0.2) is 64.7 Å². The Morgan fingerprint density at radius 3 is 2.20 bits per heavy atom. The van der Waals surface area contributed by atoms with Gasteiger partial charge >= 0.3 is 0 Å². The lowest BCUT2D eigenvalue weighted by Crippen LogP contribution is -2.53. The van der Waals surface area contributed by atoms with E-state index in [0.717, 1.165) is 16.1 Å². The van der Waals surface area contributed by atoms with Crippen LogP contribution in [0.2, 0.25) is 0 Å². The number of hydrogen-bond acceptors (Lipinski definition) is 6. The minimum Gasteiger partial charge on any atom is -0.497 e. The standard InChI is InChI=1S/C29H34FN3O6S/c1-5-31-29(35)26(17-21-9-7-6-8-10-21)32(19-22-11-13-23(30)14-12-22)28(34)20-33(40(4,36)37)25-16-15-24(38-2)18-27(25)39-3/h6-16,18,26H,5,17,19-20H2,1-4H3,(H,31,35)/t26-/m0/s1. The number of halogens is 1. The monoisotopic (exact) mass is 571 g/mol. The molecule has 11 heteroatoms. The summed E-state index contributed by atoms with van der Waals surface area (Å²) in [6.45, 7) is 1.45. The molecule has 3 aromatic rings. The molecule has 0 heterocycles. The Kier molecular flexibility index (Phi) is 10.5. The highest BCUT2D eigenvalue weighted by molar-refractivity contribution is 7.92. The second kappa shape index (κ2) is 13.8. The van der Waals surface area contributed by atoms with Crippen molar-refractivity contribution in [3.8, 4) is 11.5 Å². The third-order valence-electron chi connectivity index (χ3n) is 6.22. The molecule has 2 amide bonds. The number of carbonyl (C=O) groups is 2. The molecular formula is C29H34FN3O6S. The molecule has 0 aromatic heterocycles. The fourth-order valence-corrected chi connectivity index (χ4v) is 5.07. The van der Waals surface area contributed by atoms with E-state index in [1.807, 2.05) is 30.3 Å². The van der Waals surface area contributed by atoms with Gasteiger partial charge in [-0.15, -0.1) is 0 Å². The molecule has 0 aliphatic carbocycles. The lowest BCUT2D eigenvalue weighted by molar-refractivity contribution is -0.140. The summed E-state index contributed by atoms with van der Waals surface area (Å²) >= 11 is 0. The summed E-state index contributed by atoms with van der Waals surface area (Å²) in [5.74, 6) is -0.833. The van der Waals surface area contributed by atoms with Crippen LogP contribution >= 0.6 is 0 Å². The van der Waals surface area contributed by atoms with Gasteiger partial charge in [-0.2, -0.15) is 0 Å². The van der Waals surface area contributed by atoms with Crippen molar-refractivity contribution in [1.29, 1.82) is 0 Å². The van der Waals surface area contributed by atoms with Gasteiger partial charge in [-0.3, -0.25) is 13.9 Å². The first kappa shape index (κ1) is 30.4. The second-order valence-corrected chi connectivity index (χ2v) is 11.0. The number of amides is 2. The van der Waals surface area contributed by atoms with Crippen molar-refractivity contribution >= 4 is 27.5 Å². The SMILES string of the molecule is CCNC(=O)[C@H](Cc1ccccc1)N(Cc1ccc(F)cc1)C(=O)CN(c1ccc(OC)cc1OC)S(C)(=O)=O. The van der Waals surface area contributed by atoms with Crippen LogP contribution in [0, 0.1) is 5.82 Å². The number of hydrogen-bond donors (Lipinski definition) is 1. The Balaban J connectivity index is 2.07. The van der Waals surface area contributed by atoms with E-state index in [1.165, 1.54) is 55.5 Å². The van der Waals surface area contributed by atoms with Crippen molar-refractivity contribution in [2.75, 3.05) is 37.9 Å². The number of nitrogens with zero attached hydrogens (tertiary/aromatic N) is 2. The summed E-state index contributed by atoms with van der Waals surface area (Å²) in [4.78, 5) is 28.7. The van der Waals surface area contributed by atoms with Gasteiger partial charge in [0.25, 0.3) is 0 Å². The minimum atomic E-state index is -3.98. The summed E-state index contributed by atoms with van der Waals surface area (Å²) in [5.41, 5.74) is 1.52. The van der Waals surface area contributed by atoms with E-state index in [-0.39, 0.29) is 24.4 Å². The number of ether oxygens (including phenoxy) is 2. The molecule has 0 saturated heterocycles. The zero-order valence-electron chi connectivity index (χ0n) is 23.0. The van der Waals surface area contributed by atoms with Crippen LogP contribution in [0.1, 0.15) is 18.1 Å². The molecule has 0 spiro atoms. The second-order valence-electron chi connectivity index (χ2n) is 9.06. The van der Waals surface area contributed by atoms with Gasteiger partial charge in [0.2, 0.25) is 21.8 Å². The van der Waals surface area contributed by atoms with E-state index >= 15 is 0 Å². The molecule has 1 N–H and O–H groups in total. The summed E-state index contributed by atoms with van der Waals surface area (Å²) in [5, 5.41) is 2.78. The Hall–Kier alpha value is -4.12. The zero-order valence-corrected chi connectivity index (χ0v) is 23.8. The van der Waals surface area contributed by atoms with Crippen LogP contribution in [0.25, 0.3) is 0 Å². The molecule has 9 nitrogen and oxygen atoms in total. The largest absolute Gasteiger partial charge is 0.497 e. The minimum absolute atomic E-state index is 0.0505. The van der Waals surface area contributed by atoms with Crippen molar-refractivity contribution < 1.29 is 31.9 Å². The number of anilines is 1. The topological polar surface area (TPSA) is 105 Å². The maximum absolute atomic E-state index is 14.0. The van der Waals surface area contributed by atoms with Gasteiger partial charge in [0.1, 0.15) is 29.9 Å². The third-order valence-corrected chi connectivity index (χ3v) is 7.35. The normalized spacial score (nSPS) is 11.8. The number of likely N-dealkylation sites (N-methyl/N-ethyl adjacent to an activating group) is 1. The van der Waals surface area contributed by atoms with Crippen LogP contribution < -0.4 is 19.1 Å². The van der Waals surface area contributed by atoms with Gasteiger partial charge in [-0.25, -0.2) is 12.8 Å². The maximum Gasteiger partial charge on any atom is 0.244 e. The number of benzene rings is 3.